The van der Waals surface area contributed by atoms with E-state index in [1.54, 1.807) is 6.07 Å². The van der Waals surface area contributed by atoms with Crippen molar-refractivity contribution in [1.29, 1.82) is 0 Å². The van der Waals surface area contributed by atoms with E-state index in [1.165, 1.54) is 42.5 Å². The summed E-state index contributed by atoms with van der Waals surface area (Å²) in [5.41, 5.74) is -0.0728. The largest absolute Gasteiger partial charge is 0.454 e. The lowest BCUT2D eigenvalue weighted by Crippen LogP contribution is -2.54. The number of urea groups is 1. The highest BCUT2D eigenvalue weighted by Gasteiger charge is 2.37. The molecule has 0 radical (unpaired) electrons. The van der Waals surface area contributed by atoms with E-state index in [0.717, 1.165) is 4.90 Å². The highest BCUT2D eigenvalue weighted by molar-refractivity contribution is 6.39. The highest BCUT2D eigenvalue weighted by Crippen LogP contribution is 2.36. The quantitative estimate of drug-likeness (QED) is 0.373. The summed E-state index contributed by atoms with van der Waals surface area (Å²) >= 11 is 0. The van der Waals surface area contributed by atoms with Gasteiger partial charge in [-0.05, 0) is 23.8 Å². The molecule has 2 heterocycles. The van der Waals surface area contributed by atoms with Crippen molar-refractivity contribution in [2.75, 3.05) is 11.7 Å². The van der Waals surface area contributed by atoms with E-state index in [-0.39, 0.29) is 29.3 Å². The number of amides is 4. The normalized spacial score (nSPS) is 17.1. The molecule has 0 unspecified atom stereocenters. The molecule has 0 saturated carbocycles. The van der Waals surface area contributed by atoms with Gasteiger partial charge in [0.05, 0.1) is 10.6 Å². The number of carbonyl (C=O) groups excluding carboxylic acids is 3. The summed E-state index contributed by atoms with van der Waals surface area (Å²) in [4.78, 5) is 48.4. The van der Waals surface area contributed by atoms with Gasteiger partial charge in [0.1, 0.15) is 5.57 Å². The Morgan fingerprint density at radius 3 is 2.64 bits per heavy atom. The number of anilines is 1. The van der Waals surface area contributed by atoms with Crippen molar-refractivity contribution in [3.63, 3.8) is 0 Å². The molecule has 2 aromatic rings. The minimum Gasteiger partial charge on any atom is -0.454 e. The molecular weight excluding hydrogens is 370 g/mol. The minimum absolute atomic E-state index is 0.0232. The summed E-state index contributed by atoms with van der Waals surface area (Å²) in [5.74, 6) is -0.922. The van der Waals surface area contributed by atoms with E-state index in [1.807, 2.05) is 0 Å². The molecule has 0 spiro atoms. The summed E-state index contributed by atoms with van der Waals surface area (Å²) in [7, 11) is 0. The minimum atomic E-state index is -0.912. The number of fused-ring (bicyclic) bond motifs is 1. The number of hydrogen-bond acceptors (Lipinski definition) is 7. The Labute approximate surface area is 157 Å². The number of nitro groups is 1. The van der Waals surface area contributed by atoms with Gasteiger partial charge in [-0.3, -0.25) is 25.0 Å². The Kier molecular flexibility index (Phi) is 4.00. The second-order valence-corrected chi connectivity index (χ2v) is 5.85. The third kappa shape index (κ3) is 2.92. The summed E-state index contributed by atoms with van der Waals surface area (Å²) in [6.07, 6.45) is 1.19. The molecule has 140 valence electrons. The van der Waals surface area contributed by atoms with Crippen LogP contribution in [0.15, 0.2) is 48.0 Å². The standard InChI is InChI=1S/C18H11N3O7/c22-16-13(7-10-2-1-3-12(6-10)21(25)26)17(23)20(18(24)19-16)11-4-5-14-15(8-11)28-9-27-14/h1-8H,9H2,(H,19,22,24)/b13-7+. The van der Waals surface area contributed by atoms with E-state index in [0.29, 0.717) is 11.5 Å². The number of imide groups is 2. The summed E-state index contributed by atoms with van der Waals surface area (Å²) in [6.45, 7) is 0.0232. The van der Waals surface area contributed by atoms with Gasteiger partial charge in [0, 0.05) is 18.2 Å². The number of benzene rings is 2. The zero-order valence-corrected chi connectivity index (χ0v) is 14.1. The van der Waals surface area contributed by atoms with Crippen LogP contribution in [0.3, 0.4) is 0 Å². The molecule has 4 amide bonds. The Hall–Kier alpha value is -4.21. The van der Waals surface area contributed by atoms with Gasteiger partial charge < -0.3 is 9.47 Å². The van der Waals surface area contributed by atoms with Crippen LogP contribution >= 0.6 is 0 Å². The maximum absolute atomic E-state index is 12.8. The van der Waals surface area contributed by atoms with Gasteiger partial charge in [0.2, 0.25) is 6.79 Å². The zero-order chi connectivity index (χ0) is 19.8. The molecule has 1 saturated heterocycles. The second-order valence-electron chi connectivity index (χ2n) is 5.85. The van der Waals surface area contributed by atoms with E-state index in [9.17, 15) is 24.5 Å². The van der Waals surface area contributed by atoms with Crippen LogP contribution in [0.5, 0.6) is 11.5 Å². The molecule has 4 rings (SSSR count). The van der Waals surface area contributed by atoms with Crippen molar-refractivity contribution in [1.82, 2.24) is 5.32 Å². The molecule has 10 nitrogen and oxygen atoms in total. The fourth-order valence-corrected chi connectivity index (χ4v) is 2.81. The van der Waals surface area contributed by atoms with Gasteiger partial charge >= 0.3 is 6.03 Å². The number of carbonyl (C=O) groups is 3. The molecule has 2 aromatic carbocycles. The maximum Gasteiger partial charge on any atom is 0.335 e. The molecule has 0 aliphatic carbocycles. The number of hydrogen-bond donors (Lipinski definition) is 1. The number of barbiturate groups is 1. The molecule has 0 atom stereocenters. The van der Waals surface area contributed by atoms with E-state index in [4.69, 9.17) is 9.47 Å². The van der Waals surface area contributed by atoms with Gasteiger partial charge in [-0.1, -0.05) is 12.1 Å². The summed E-state index contributed by atoms with van der Waals surface area (Å²) in [5, 5.41) is 13.0. The van der Waals surface area contributed by atoms with Crippen molar-refractivity contribution in [3.8, 4) is 11.5 Å². The third-order valence-corrected chi connectivity index (χ3v) is 4.11. The zero-order valence-electron chi connectivity index (χ0n) is 14.1. The molecule has 0 aromatic heterocycles. The van der Waals surface area contributed by atoms with Crippen LogP contribution in [0.1, 0.15) is 5.56 Å². The average molecular weight is 381 g/mol. The summed E-state index contributed by atoms with van der Waals surface area (Å²) in [6, 6.07) is 8.98. The Bertz CT molecular complexity index is 1080. The van der Waals surface area contributed by atoms with Gasteiger partial charge in [-0.25, -0.2) is 9.69 Å². The Morgan fingerprint density at radius 1 is 1.07 bits per heavy atom. The lowest BCUT2D eigenvalue weighted by molar-refractivity contribution is -0.384. The van der Waals surface area contributed by atoms with Crippen LogP contribution in [0.4, 0.5) is 16.2 Å². The van der Waals surface area contributed by atoms with Gasteiger partial charge in [-0.2, -0.15) is 0 Å². The van der Waals surface area contributed by atoms with Crippen molar-refractivity contribution in [2.45, 2.75) is 0 Å². The first-order chi connectivity index (χ1) is 13.4. The Balaban J connectivity index is 1.72. The number of nitro benzene ring substituents is 1. The maximum atomic E-state index is 12.8. The molecular formula is C18H11N3O7. The van der Waals surface area contributed by atoms with Crippen LogP contribution in [-0.2, 0) is 9.59 Å². The topological polar surface area (TPSA) is 128 Å². The van der Waals surface area contributed by atoms with Crippen LogP contribution in [0.2, 0.25) is 0 Å². The third-order valence-electron chi connectivity index (χ3n) is 4.11. The van der Waals surface area contributed by atoms with Crippen molar-refractivity contribution in [2.24, 2.45) is 0 Å². The first-order valence-corrected chi connectivity index (χ1v) is 7.99. The predicted octanol–water partition coefficient (Wildman–Crippen LogP) is 1.99. The lowest BCUT2D eigenvalue weighted by Gasteiger charge is -2.26. The molecule has 1 N–H and O–H groups in total. The van der Waals surface area contributed by atoms with Crippen molar-refractivity contribution < 1.29 is 28.8 Å². The average Bonchev–Trinajstić information content (AvgIpc) is 3.13. The molecule has 2 aliphatic heterocycles. The predicted molar refractivity (Wildman–Crippen MR) is 94.7 cm³/mol. The van der Waals surface area contributed by atoms with E-state index < -0.39 is 22.8 Å². The van der Waals surface area contributed by atoms with E-state index >= 15 is 0 Å². The van der Waals surface area contributed by atoms with Crippen LogP contribution in [0, 0.1) is 10.1 Å². The molecule has 2 aliphatic rings. The van der Waals surface area contributed by atoms with E-state index in [2.05, 4.69) is 5.32 Å². The first-order valence-electron chi connectivity index (χ1n) is 7.99. The molecule has 0 bridgehead atoms. The van der Waals surface area contributed by atoms with Crippen LogP contribution in [0.25, 0.3) is 6.08 Å². The van der Waals surface area contributed by atoms with Gasteiger partial charge in [0.15, 0.2) is 11.5 Å². The van der Waals surface area contributed by atoms with Crippen molar-refractivity contribution in [3.05, 3.63) is 63.7 Å². The molecule has 10 heteroatoms. The fourth-order valence-electron chi connectivity index (χ4n) is 2.81. The molecule has 1 fully saturated rings. The Morgan fingerprint density at radius 2 is 1.86 bits per heavy atom. The number of nitrogens with one attached hydrogen (secondary N) is 1. The number of nitrogens with zero attached hydrogens (tertiary/aromatic N) is 2. The van der Waals surface area contributed by atoms with Crippen LogP contribution in [-0.4, -0.2) is 29.6 Å². The first kappa shape index (κ1) is 17.2. The smallest absolute Gasteiger partial charge is 0.335 e. The van der Waals surface area contributed by atoms with Gasteiger partial charge in [0.25, 0.3) is 17.5 Å². The highest BCUT2D eigenvalue weighted by atomic mass is 16.7. The lowest BCUT2D eigenvalue weighted by atomic mass is 10.1. The second kappa shape index (κ2) is 6.50. The van der Waals surface area contributed by atoms with Gasteiger partial charge in [-0.15, -0.1) is 0 Å². The summed E-state index contributed by atoms with van der Waals surface area (Å²) < 4.78 is 10.4. The SMILES string of the molecule is O=C1NC(=O)N(c2ccc3c(c2)OCO3)C(=O)/C1=C/c1cccc([N+](=O)[O-])c1. The molecule has 28 heavy (non-hydrogen) atoms. The number of ether oxygens (including phenoxy) is 2. The number of non-ortho nitro benzene ring substituents is 1. The fraction of sp³-hybridized carbons (Fsp3) is 0.0556. The monoisotopic (exact) mass is 381 g/mol. The van der Waals surface area contributed by atoms with Crippen LogP contribution < -0.4 is 19.7 Å². The van der Waals surface area contributed by atoms with Crippen molar-refractivity contribution >= 4 is 35.3 Å². The number of rotatable bonds is 3.